The van der Waals surface area contributed by atoms with Crippen molar-refractivity contribution in [3.63, 3.8) is 0 Å². The Hall–Kier alpha value is -1.86. The van der Waals surface area contributed by atoms with Crippen molar-refractivity contribution in [1.82, 2.24) is 5.32 Å². The standard InChI is InChI=1S/C20H21N/c1-21-17-12-13-20(14-17)18-8-4-2-6-15(18)10-11-16-7-3-5-9-19(16)20/h2-11,17,21H,12-14H2,1H3. The van der Waals surface area contributed by atoms with Gasteiger partial charge in [0.25, 0.3) is 0 Å². The number of benzene rings is 2. The van der Waals surface area contributed by atoms with Gasteiger partial charge in [0.1, 0.15) is 0 Å². The summed E-state index contributed by atoms with van der Waals surface area (Å²) < 4.78 is 0. The zero-order chi connectivity index (χ0) is 14.3. The average Bonchev–Trinajstić information content (AvgIpc) is 2.93. The SMILES string of the molecule is CNC1CCC2(C1)c1ccccc1C=Cc1ccccc12. The number of rotatable bonds is 1. The summed E-state index contributed by atoms with van der Waals surface area (Å²) in [5.74, 6) is 0. The molecule has 1 N–H and O–H groups in total. The molecule has 0 bridgehead atoms. The monoisotopic (exact) mass is 275 g/mol. The summed E-state index contributed by atoms with van der Waals surface area (Å²) in [5, 5.41) is 3.50. The van der Waals surface area contributed by atoms with Crippen LogP contribution in [0.1, 0.15) is 41.5 Å². The maximum absolute atomic E-state index is 3.50. The fourth-order valence-corrected chi connectivity index (χ4v) is 4.26. The van der Waals surface area contributed by atoms with Crippen LogP contribution in [0.5, 0.6) is 0 Å². The lowest BCUT2D eigenvalue weighted by molar-refractivity contribution is 0.500. The highest BCUT2D eigenvalue weighted by atomic mass is 14.9. The van der Waals surface area contributed by atoms with Crippen LogP contribution in [-0.2, 0) is 5.41 Å². The third-order valence-corrected chi connectivity index (χ3v) is 5.32. The van der Waals surface area contributed by atoms with Crippen molar-refractivity contribution in [3.05, 3.63) is 70.8 Å². The molecular weight excluding hydrogens is 254 g/mol. The van der Waals surface area contributed by atoms with Gasteiger partial charge in [-0.05, 0) is 48.6 Å². The van der Waals surface area contributed by atoms with E-state index < -0.39 is 0 Å². The predicted octanol–water partition coefficient (Wildman–Crippen LogP) is 4.23. The smallest absolute Gasteiger partial charge is 0.0230 e. The van der Waals surface area contributed by atoms with E-state index in [0.717, 1.165) is 0 Å². The van der Waals surface area contributed by atoms with Crippen LogP contribution >= 0.6 is 0 Å². The molecular formula is C20H21N. The van der Waals surface area contributed by atoms with Crippen LogP contribution in [0.4, 0.5) is 0 Å². The normalized spacial score (nSPS) is 21.9. The number of fused-ring (bicyclic) bond motifs is 4. The number of hydrogen-bond acceptors (Lipinski definition) is 1. The summed E-state index contributed by atoms with van der Waals surface area (Å²) >= 11 is 0. The van der Waals surface area contributed by atoms with Gasteiger partial charge in [-0.1, -0.05) is 60.7 Å². The van der Waals surface area contributed by atoms with E-state index in [1.54, 1.807) is 0 Å². The third-order valence-electron chi connectivity index (χ3n) is 5.32. The van der Waals surface area contributed by atoms with Crippen LogP contribution in [0.2, 0.25) is 0 Å². The molecule has 4 rings (SSSR count). The Morgan fingerprint density at radius 3 is 2.00 bits per heavy atom. The molecule has 0 aromatic heterocycles. The van der Waals surface area contributed by atoms with Gasteiger partial charge in [0.05, 0.1) is 0 Å². The summed E-state index contributed by atoms with van der Waals surface area (Å²) in [6.07, 6.45) is 8.25. The molecule has 0 saturated heterocycles. The van der Waals surface area contributed by atoms with E-state index in [2.05, 4.69) is 73.0 Å². The molecule has 0 radical (unpaired) electrons. The Bertz CT molecular complexity index is 649. The summed E-state index contributed by atoms with van der Waals surface area (Å²) in [6.45, 7) is 0. The van der Waals surface area contributed by atoms with Crippen molar-refractivity contribution in [1.29, 1.82) is 0 Å². The fraction of sp³-hybridized carbons (Fsp3) is 0.300. The van der Waals surface area contributed by atoms with E-state index in [0.29, 0.717) is 6.04 Å². The molecule has 1 saturated carbocycles. The molecule has 0 aliphatic heterocycles. The first-order chi connectivity index (χ1) is 10.3. The highest BCUT2D eigenvalue weighted by molar-refractivity contribution is 5.78. The van der Waals surface area contributed by atoms with E-state index >= 15 is 0 Å². The second-order valence-electron chi connectivity index (χ2n) is 6.32. The highest BCUT2D eigenvalue weighted by Gasteiger charge is 2.43. The van der Waals surface area contributed by atoms with Crippen LogP contribution in [-0.4, -0.2) is 13.1 Å². The van der Waals surface area contributed by atoms with Crippen molar-refractivity contribution in [2.24, 2.45) is 0 Å². The topological polar surface area (TPSA) is 12.0 Å². The molecule has 1 unspecified atom stereocenters. The van der Waals surface area contributed by atoms with Gasteiger partial charge in [-0.25, -0.2) is 0 Å². The molecule has 1 heteroatoms. The van der Waals surface area contributed by atoms with Gasteiger partial charge in [-0.2, -0.15) is 0 Å². The Morgan fingerprint density at radius 2 is 1.48 bits per heavy atom. The molecule has 1 spiro atoms. The van der Waals surface area contributed by atoms with E-state index in [-0.39, 0.29) is 5.41 Å². The van der Waals surface area contributed by atoms with Gasteiger partial charge >= 0.3 is 0 Å². The van der Waals surface area contributed by atoms with Gasteiger partial charge in [0.15, 0.2) is 0 Å². The predicted molar refractivity (Wildman–Crippen MR) is 89.3 cm³/mol. The first-order valence-corrected chi connectivity index (χ1v) is 7.88. The molecule has 21 heavy (non-hydrogen) atoms. The molecule has 2 aromatic rings. The lowest BCUT2D eigenvalue weighted by Gasteiger charge is -2.32. The molecule has 2 aliphatic carbocycles. The van der Waals surface area contributed by atoms with Gasteiger partial charge in [0.2, 0.25) is 0 Å². The van der Waals surface area contributed by atoms with Crippen LogP contribution in [0, 0.1) is 0 Å². The summed E-state index contributed by atoms with van der Waals surface area (Å²) in [4.78, 5) is 0. The number of nitrogens with one attached hydrogen (secondary N) is 1. The summed E-state index contributed by atoms with van der Waals surface area (Å²) in [5.41, 5.74) is 5.94. The number of hydrogen-bond donors (Lipinski definition) is 1. The summed E-state index contributed by atoms with van der Waals surface area (Å²) in [7, 11) is 2.09. The van der Waals surface area contributed by atoms with Crippen molar-refractivity contribution >= 4 is 12.2 Å². The second kappa shape index (κ2) is 4.85. The van der Waals surface area contributed by atoms with Crippen molar-refractivity contribution in [3.8, 4) is 0 Å². The van der Waals surface area contributed by atoms with E-state index in [9.17, 15) is 0 Å². The minimum atomic E-state index is 0.171. The molecule has 1 fully saturated rings. The minimum absolute atomic E-state index is 0.171. The van der Waals surface area contributed by atoms with Crippen LogP contribution in [0.3, 0.4) is 0 Å². The average molecular weight is 275 g/mol. The lowest BCUT2D eigenvalue weighted by Crippen LogP contribution is -2.30. The third kappa shape index (κ3) is 1.88. The van der Waals surface area contributed by atoms with Crippen LogP contribution in [0.15, 0.2) is 48.5 Å². The lowest BCUT2D eigenvalue weighted by atomic mass is 9.71. The van der Waals surface area contributed by atoms with Crippen molar-refractivity contribution in [2.75, 3.05) is 7.05 Å². The van der Waals surface area contributed by atoms with Crippen molar-refractivity contribution in [2.45, 2.75) is 30.7 Å². The largest absolute Gasteiger partial charge is 0.317 e. The minimum Gasteiger partial charge on any atom is -0.317 e. The van der Waals surface area contributed by atoms with E-state index in [1.165, 1.54) is 41.5 Å². The van der Waals surface area contributed by atoms with Gasteiger partial charge in [-0.3, -0.25) is 0 Å². The Balaban J connectivity index is 1.98. The van der Waals surface area contributed by atoms with Crippen LogP contribution < -0.4 is 5.32 Å². The summed E-state index contributed by atoms with van der Waals surface area (Å²) in [6, 6.07) is 18.5. The zero-order valence-electron chi connectivity index (χ0n) is 12.5. The van der Waals surface area contributed by atoms with E-state index in [4.69, 9.17) is 0 Å². The molecule has 0 heterocycles. The molecule has 2 aliphatic rings. The highest BCUT2D eigenvalue weighted by Crippen LogP contribution is 2.50. The Kier molecular flexibility index (Phi) is 2.97. The van der Waals surface area contributed by atoms with Crippen molar-refractivity contribution < 1.29 is 0 Å². The second-order valence-corrected chi connectivity index (χ2v) is 6.32. The molecule has 1 nitrogen and oxygen atoms in total. The van der Waals surface area contributed by atoms with Gasteiger partial charge in [0, 0.05) is 11.5 Å². The maximum atomic E-state index is 3.50. The van der Waals surface area contributed by atoms with Gasteiger partial charge < -0.3 is 5.32 Å². The molecule has 1 atom stereocenters. The quantitative estimate of drug-likeness (QED) is 0.821. The molecule has 106 valence electrons. The first kappa shape index (κ1) is 12.8. The Labute approximate surface area is 126 Å². The maximum Gasteiger partial charge on any atom is 0.0230 e. The van der Waals surface area contributed by atoms with Crippen LogP contribution in [0.25, 0.3) is 12.2 Å². The van der Waals surface area contributed by atoms with E-state index in [1.807, 2.05) is 0 Å². The zero-order valence-corrected chi connectivity index (χ0v) is 12.5. The first-order valence-electron chi connectivity index (χ1n) is 7.88. The molecule has 0 amide bonds. The Morgan fingerprint density at radius 1 is 0.905 bits per heavy atom. The molecule has 2 aromatic carbocycles. The van der Waals surface area contributed by atoms with Gasteiger partial charge in [-0.15, -0.1) is 0 Å². The fourth-order valence-electron chi connectivity index (χ4n) is 4.26.